The highest BCUT2D eigenvalue weighted by Crippen LogP contribution is 2.49. The first-order chi connectivity index (χ1) is 7.93. The van der Waals surface area contributed by atoms with Gasteiger partial charge in [0.2, 0.25) is 0 Å². The molecule has 0 N–H and O–H groups in total. The van der Waals surface area contributed by atoms with Crippen molar-refractivity contribution < 1.29 is 17.9 Å². The van der Waals surface area contributed by atoms with E-state index in [-0.39, 0.29) is 5.75 Å². The molecule has 0 atom stereocenters. The number of nitriles is 1. The minimum absolute atomic E-state index is 0.225. The third-order valence-electron chi connectivity index (χ3n) is 3.02. The van der Waals surface area contributed by atoms with Crippen molar-refractivity contribution in [1.29, 1.82) is 5.26 Å². The lowest BCUT2D eigenvalue weighted by Crippen LogP contribution is -2.10. The maximum absolute atomic E-state index is 12.6. The van der Waals surface area contributed by atoms with Crippen LogP contribution in [0.25, 0.3) is 0 Å². The summed E-state index contributed by atoms with van der Waals surface area (Å²) < 4.78 is 42.6. The van der Waals surface area contributed by atoms with Crippen molar-refractivity contribution in [2.75, 3.05) is 7.11 Å². The Kier molecular flexibility index (Phi) is 2.53. The van der Waals surface area contributed by atoms with E-state index in [0.717, 1.165) is 6.07 Å². The molecular weight excluding hydrogens is 231 g/mol. The molecule has 0 bridgehead atoms. The lowest BCUT2D eigenvalue weighted by atomic mass is 9.96. The van der Waals surface area contributed by atoms with Crippen molar-refractivity contribution in [1.82, 2.24) is 0 Å². The van der Waals surface area contributed by atoms with Crippen LogP contribution in [-0.2, 0) is 11.6 Å². The molecule has 1 aliphatic carbocycles. The molecule has 5 heteroatoms. The molecule has 2 rings (SSSR count). The summed E-state index contributed by atoms with van der Waals surface area (Å²) in [5, 5.41) is 8.99. The molecule has 90 valence electrons. The van der Waals surface area contributed by atoms with Crippen LogP contribution in [0, 0.1) is 11.3 Å². The smallest absolute Gasteiger partial charge is 0.419 e. The third kappa shape index (κ3) is 1.95. The van der Waals surface area contributed by atoms with E-state index in [1.165, 1.54) is 19.2 Å². The van der Waals surface area contributed by atoms with Crippen LogP contribution in [0.3, 0.4) is 0 Å². The van der Waals surface area contributed by atoms with Crippen molar-refractivity contribution >= 4 is 0 Å². The maximum Gasteiger partial charge on any atom is 0.419 e. The number of methoxy groups -OCH3 is 1. The average molecular weight is 241 g/mol. The van der Waals surface area contributed by atoms with Gasteiger partial charge in [-0.3, -0.25) is 0 Å². The summed E-state index contributed by atoms with van der Waals surface area (Å²) in [6.07, 6.45) is -3.05. The fourth-order valence-corrected chi connectivity index (χ4v) is 1.81. The van der Waals surface area contributed by atoms with E-state index in [2.05, 4.69) is 6.07 Å². The largest absolute Gasteiger partial charge is 0.496 e. The molecule has 0 unspecified atom stereocenters. The predicted octanol–water partition coefficient (Wildman–Crippen LogP) is 3.27. The van der Waals surface area contributed by atoms with Crippen LogP contribution in [0.5, 0.6) is 5.75 Å². The number of ether oxygens (including phenoxy) is 1. The molecular formula is C12H10F3NO. The van der Waals surface area contributed by atoms with E-state index in [9.17, 15) is 13.2 Å². The molecule has 1 saturated carbocycles. The number of hydrogen-bond acceptors (Lipinski definition) is 2. The van der Waals surface area contributed by atoms with Gasteiger partial charge in [-0.2, -0.15) is 18.4 Å². The Morgan fingerprint density at radius 2 is 2.00 bits per heavy atom. The molecule has 1 fully saturated rings. The van der Waals surface area contributed by atoms with E-state index in [0.29, 0.717) is 18.4 Å². The highest BCUT2D eigenvalue weighted by molar-refractivity contribution is 5.47. The van der Waals surface area contributed by atoms with Crippen LogP contribution in [0.2, 0.25) is 0 Å². The molecule has 0 heterocycles. The number of benzene rings is 1. The van der Waals surface area contributed by atoms with E-state index in [1.54, 1.807) is 0 Å². The standard InChI is InChI=1S/C12H10F3NO/c1-17-10-6-8(11(7-16)4-5-11)2-3-9(10)12(13,14)15/h2-3,6H,4-5H2,1H3. The quantitative estimate of drug-likeness (QED) is 0.796. The van der Waals surface area contributed by atoms with Gasteiger partial charge in [0, 0.05) is 0 Å². The summed E-state index contributed by atoms with van der Waals surface area (Å²) in [4.78, 5) is 0. The predicted molar refractivity (Wildman–Crippen MR) is 54.5 cm³/mol. The summed E-state index contributed by atoms with van der Waals surface area (Å²) in [6, 6.07) is 5.80. The summed E-state index contributed by atoms with van der Waals surface area (Å²) in [7, 11) is 1.19. The van der Waals surface area contributed by atoms with Crippen LogP contribution >= 0.6 is 0 Å². The van der Waals surface area contributed by atoms with Gasteiger partial charge in [-0.05, 0) is 30.5 Å². The minimum atomic E-state index is -4.44. The van der Waals surface area contributed by atoms with Crippen LogP contribution in [0.4, 0.5) is 13.2 Å². The van der Waals surface area contributed by atoms with Crippen molar-refractivity contribution in [3.63, 3.8) is 0 Å². The first kappa shape index (κ1) is 11.8. The Hall–Kier alpha value is -1.70. The van der Waals surface area contributed by atoms with Gasteiger partial charge in [0.1, 0.15) is 5.75 Å². The number of nitrogens with zero attached hydrogens (tertiary/aromatic N) is 1. The monoisotopic (exact) mass is 241 g/mol. The summed E-state index contributed by atoms with van der Waals surface area (Å²) in [5.41, 5.74) is -0.806. The normalized spacial score (nSPS) is 17.4. The second kappa shape index (κ2) is 3.66. The van der Waals surface area contributed by atoms with Gasteiger partial charge in [-0.15, -0.1) is 0 Å². The zero-order chi connectivity index (χ0) is 12.7. The van der Waals surface area contributed by atoms with Gasteiger partial charge in [0.05, 0.1) is 24.2 Å². The first-order valence-electron chi connectivity index (χ1n) is 5.10. The van der Waals surface area contributed by atoms with Crippen molar-refractivity contribution in [2.45, 2.75) is 24.4 Å². The molecule has 0 saturated heterocycles. The number of halogens is 3. The highest BCUT2D eigenvalue weighted by atomic mass is 19.4. The lowest BCUT2D eigenvalue weighted by Gasteiger charge is -2.14. The summed E-state index contributed by atoms with van der Waals surface area (Å²) >= 11 is 0. The SMILES string of the molecule is COc1cc(C2(C#N)CC2)ccc1C(F)(F)F. The lowest BCUT2D eigenvalue weighted by molar-refractivity contribution is -0.138. The number of hydrogen-bond donors (Lipinski definition) is 0. The van der Waals surface area contributed by atoms with E-state index >= 15 is 0 Å². The topological polar surface area (TPSA) is 33.0 Å². The molecule has 0 aliphatic heterocycles. The molecule has 0 amide bonds. The highest BCUT2D eigenvalue weighted by Gasteiger charge is 2.46. The molecule has 0 radical (unpaired) electrons. The fraction of sp³-hybridized carbons (Fsp3) is 0.417. The Bertz CT molecular complexity index is 484. The van der Waals surface area contributed by atoms with Gasteiger partial charge < -0.3 is 4.74 Å². The van der Waals surface area contributed by atoms with Crippen LogP contribution in [-0.4, -0.2) is 7.11 Å². The average Bonchev–Trinajstić information content (AvgIpc) is 3.08. The summed E-state index contributed by atoms with van der Waals surface area (Å²) in [6.45, 7) is 0. The zero-order valence-electron chi connectivity index (χ0n) is 9.14. The van der Waals surface area contributed by atoms with E-state index in [4.69, 9.17) is 10.00 Å². The minimum Gasteiger partial charge on any atom is -0.496 e. The first-order valence-corrected chi connectivity index (χ1v) is 5.10. The van der Waals surface area contributed by atoms with Crippen molar-refractivity contribution in [3.8, 4) is 11.8 Å². The van der Waals surface area contributed by atoms with Gasteiger partial charge in [0.15, 0.2) is 0 Å². The van der Waals surface area contributed by atoms with Crippen molar-refractivity contribution in [2.24, 2.45) is 0 Å². The van der Waals surface area contributed by atoms with Gasteiger partial charge >= 0.3 is 6.18 Å². The molecule has 1 aliphatic rings. The Balaban J connectivity index is 2.46. The van der Waals surface area contributed by atoms with Crippen LogP contribution < -0.4 is 4.74 Å². The molecule has 0 aromatic heterocycles. The van der Waals surface area contributed by atoms with E-state index in [1.807, 2.05) is 0 Å². The Morgan fingerprint density at radius 1 is 1.35 bits per heavy atom. The number of rotatable bonds is 2. The second-order valence-corrected chi connectivity index (χ2v) is 4.11. The van der Waals surface area contributed by atoms with Crippen molar-refractivity contribution in [3.05, 3.63) is 29.3 Å². The Labute approximate surface area is 96.6 Å². The Morgan fingerprint density at radius 3 is 2.41 bits per heavy atom. The number of alkyl halides is 3. The molecule has 0 spiro atoms. The van der Waals surface area contributed by atoms with Crippen LogP contribution in [0.1, 0.15) is 24.0 Å². The molecule has 1 aromatic rings. The molecule has 17 heavy (non-hydrogen) atoms. The summed E-state index contributed by atoms with van der Waals surface area (Å²) in [5.74, 6) is -0.225. The van der Waals surface area contributed by atoms with Gasteiger partial charge in [0.25, 0.3) is 0 Å². The van der Waals surface area contributed by atoms with Crippen LogP contribution in [0.15, 0.2) is 18.2 Å². The zero-order valence-corrected chi connectivity index (χ0v) is 9.14. The molecule has 1 aromatic carbocycles. The van der Waals surface area contributed by atoms with E-state index < -0.39 is 17.2 Å². The molecule has 2 nitrogen and oxygen atoms in total. The maximum atomic E-state index is 12.6. The second-order valence-electron chi connectivity index (χ2n) is 4.11. The fourth-order valence-electron chi connectivity index (χ4n) is 1.81. The van der Waals surface area contributed by atoms with Gasteiger partial charge in [-0.1, -0.05) is 6.07 Å². The third-order valence-corrected chi connectivity index (χ3v) is 3.02. The van der Waals surface area contributed by atoms with Gasteiger partial charge in [-0.25, -0.2) is 0 Å².